The van der Waals surface area contributed by atoms with Gasteiger partial charge in [-0.2, -0.15) is 8.42 Å². The quantitative estimate of drug-likeness (QED) is 0.433. The van der Waals surface area contributed by atoms with Crippen molar-refractivity contribution >= 4 is 10.1 Å². The Morgan fingerprint density at radius 2 is 1.92 bits per heavy atom. The van der Waals surface area contributed by atoms with Crippen LogP contribution in [-0.2, 0) is 10.1 Å². The van der Waals surface area contributed by atoms with E-state index in [1.165, 1.54) is 12.1 Å². The van der Waals surface area contributed by atoms with Crippen LogP contribution in [0.5, 0.6) is 5.75 Å². The van der Waals surface area contributed by atoms with Crippen LogP contribution in [0.25, 0.3) is 0 Å². The fraction of sp³-hybridized carbons (Fsp3) is 0.143. The zero-order chi connectivity index (χ0) is 9.35. The van der Waals surface area contributed by atoms with E-state index in [0.717, 1.165) is 6.07 Å². The maximum absolute atomic E-state index is 10.6. The van der Waals surface area contributed by atoms with Crippen molar-refractivity contribution in [2.45, 2.75) is 11.8 Å². The average Bonchev–Trinajstić information content (AvgIpc) is 1.92. The Hall–Kier alpha value is 0.566. The van der Waals surface area contributed by atoms with Crippen molar-refractivity contribution in [1.29, 1.82) is 0 Å². The Balaban J connectivity index is 0. The molecule has 13 heavy (non-hydrogen) atoms. The van der Waals surface area contributed by atoms with Gasteiger partial charge in [-0.15, -0.1) is 0 Å². The number of phenols is 1. The van der Waals surface area contributed by atoms with E-state index in [4.69, 9.17) is 9.66 Å². The number of benzene rings is 1. The molecule has 0 radical (unpaired) electrons. The molecule has 6 heteroatoms. The molecule has 1 aromatic rings. The van der Waals surface area contributed by atoms with Crippen molar-refractivity contribution in [3.8, 4) is 5.75 Å². The molecule has 0 atom stereocenters. The summed E-state index contributed by atoms with van der Waals surface area (Å²) in [5.74, 6) is 0.00222. The molecule has 0 aliphatic rings. The van der Waals surface area contributed by atoms with Crippen LogP contribution in [0.15, 0.2) is 23.1 Å². The summed E-state index contributed by atoms with van der Waals surface area (Å²) in [6.07, 6.45) is 0. The maximum Gasteiger partial charge on any atom is 1.00 e. The van der Waals surface area contributed by atoms with Gasteiger partial charge in [-0.05, 0) is 30.7 Å². The second-order valence-corrected chi connectivity index (χ2v) is 3.84. The monoisotopic (exact) mass is 228 g/mol. The van der Waals surface area contributed by atoms with Gasteiger partial charge < -0.3 is 6.53 Å². The number of hydrogen-bond donors (Lipinski definition) is 2. The zero-order valence-corrected chi connectivity index (χ0v) is 11.3. The third-order valence-electron chi connectivity index (χ3n) is 1.47. The average molecular weight is 228 g/mol. The van der Waals surface area contributed by atoms with Crippen molar-refractivity contribution in [1.82, 2.24) is 0 Å². The summed E-state index contributed by atoms with van der Waals surface area (Å²) >= 11 is 0. The van der Waals surface area contributed by atoms with E-state index in [1.807, 2.05) is 0 Å². The molecule has 0 bridgehead atoms. The van der Waals surface area contributed by atoms with Gasteiger partial charge in [-0.1, -0.05) is 0 Å². The molecule has 68 valence electrons. The predicted octanol–water partition coefficient (Wildman–Crippen LogP) is -1.94. The topological polar surface area (TPSA) is 74.6 Å². The molecule has 1 aromatic carbocycles. The van der Waals surface area contributed by atoms with E-state index in [-0.39, 0.29) is 63.5 Å². The Morgan fingerprint density at radius 1 is 1.38 bits per heavy atom. The SMILES string of the molecule is Cc1cc(S(=O)(=O)O)ccc1O.[H-].[K+]. The van der Waals surface area contributed by atoms with Gasteiger partial charge in [0.2, 0.25) is 0 Å². The predicted molar refractivity (Wildman–Crippen MR) is 43.8 cm³/mol. The normalized spacial score (nSPS) is 10.6. The molecule has 2 N–H and O–H groups in total. The summed E-state index contributed by atoms with van der Waals surface area (Å²) in [5, 5.41) is 9.03. The van der Waals surface area contributed by atoms with Gasteiger partial charge in [-0.3, -0.25) is 4.55 Å². The van der Waals surface area contributed by atoms with E-state index >= 15 is 0 Å². The molecule has 0 aliphatic heterocycles. The third kappa shape index (κ3) is 3.66. The van der Waals surface area contributed by atoms with Crippen LogP contribution in [0, 0.1) is 6.92 Å². The molecule has 0 heterocycles. The van der Waals surface area contributed by atoms with Crippen LogP contribution < -0.4 is 51.4 Å². The molecule has 0 amide bonds. The first-order chi connectivity index (χ1) is 5.41. The molecule has 0 aliphatic carbocycles. The minimum absolute atomic E-state index is 0. The molecular formula is C7H9KO4S. The fourth-order valence-corrected chi connectivity index (χ4v) is 1.35. The van der Waals surface area contributed by atoms with E-state index in [0.29, 0.717) is 5.56 Å². The van der Waals surface area contributed by atoms with Crippen LogP contribution in [0.3, 0.4) is 0 Å². The van der Waals surface area contributed by atoms with Gasteiger partial charge in [-0.25, -0.2) is 0 Å². The minimum Gasteiger partial charge on any atom is -1.00 e. The van der Waals surface area contributed by atoms with Gasteiger partial charge in [0.25, 0.3) is 10.1 Å². The summed E-state index contributed by atoms with van der Waals surface area (Å²) in [7, 11) is -4.15. The zero-order valence-electron chi connectivity index (χ0n) is 8.35. The Labute approximate surface area is 121 Å². The summed E-state index contributed by atoms with van der Waals surface area (Å²) in [6.45, 7) is 1.55. The molecule has 0 saturated carbocycles. The molecule has 0 spiro atoms. The van der Waals surface area contributed by atoms with E-state index < -0.39 is 10.1 Å². The van der Waals surface area contributed by atoms with E-state index in [2.05, 4.69) is 0 Å². The number of phenolic OH excluding ortho intramolecular Hbond substituents is 1. The van der Waals surface area contributed by atoms with Crippen molar-refractivity contribution in [3.05, 3.63) is 23.8 Å². The molecule has 0 aromatic heterocycles. The van der Waals surface area contributed by atoms with Gasteiger partial charge in [0, 0.05) is 0 Å². The second kappa shape index (κ2) is 4.88. The summed E-state index contributed by atoms with van der Waals surface area (Å²) in [4.78, 5) is -0.210. The van der Waals surface area contributed by atoms with Crippen molar-refractivity contribution in [2.75, 3.05) is 0 Å². The van der Waals surface area contributed by atoms with E-state index in [9.17, 15) is 8.42 Å². The second-order valence-electron chi connectivity index (χ2n) is 2.42. The molecule has 4 nitrogen and oxygen atoms in total. The Morgan fingerprint density at radius 3 is 2.31 bits per heavy atom. The van der Waals surface area contributed by atoms with Crippen LogP contribution in [0.4, 0.5) is 0 Å². The van der Waals surface area contributed by atoms with Crippen LogP contribution >= 0.6 is 0 Å². The maximum atomic E-state index is 10.6. The first-order valence-corrected chi connectivity index (χ1v) is 4.62. The van der Waals surface area contributed by atoms with Crippen molar-refractivity contribution < 1.29 is 70.9 Å². The molecule has 1 rings (SSSR count). The third-order valence-corrected chi connectivity index (χ3v) is 2.32. The molecule has 0 saturated heterocycles. The standard InChI is InChI=1S/C7H8O4S.K.H/c1-5-4-6(12(9,10)11)2-3-7(5)8;;/h2-4,8H,1H3,(H,9,10,11);;/q;+1;-1. The minimum atomic E-state index is -4.15. The summed E-state index contributed by atoms with van der Waals surface area (Å²) in [5.41, 5.74) is 0.408. The van der Waals surface area contributed by atoms with Crippen LogP contribution in [0.2, 0.25) is 0 Å². The van der Waals surface area contributed by atoms with Crippen molar-refractivity contribution in [3.63, 3.8) is 0 Å². The van der Waals surface area contributed by atoms with Gasteiger partial charge in [0.15, 0.2) is 0 Å². The summed E-state index contributed by atoms with van der Waals surface area (Å²) < 4.78 is 29.7. The first-order valence-electron chi connectivity index (χ1n) is 3.18. The smallest absolute Gasteiger partial charge is 1.00 e. The van der Waals surface area contributed by atoms with Gasteiger partial charge in [0.05, 0.1) is 4.90 Å². The largest absolute Gasteiger partial charge is 1.00 e. The van der Waals surface area contributed by atoms with E-state index in [1.54, 1.807) is 6.92 Å². The molecule has 0 fully saturated rings. The number of hydrogen-bond acceptors (Lipinski definition) is 3. The fourth-order valence-electron chi connectivity index (χ4n) is 0.788. The number of aromatic hydroxyl groups is 1. The van der Waals surface area contributed by atoms with Crippen LogP contribution in [0.1, 0.15) is 6.99 Å². The number of aryl methyl sites for hydroxylation is 1. The molecule has 0 unspecified atom stereocenters. The van der Waals surface area contributed by atoms with Crippen LogP contribution in [-0.4, -0.2) is 18.1 Å². The Kier molecular flexibility index (Phi) is 5.09. The summed E-state index contributed by atoms with van der Waals surface area (Å²) in [6, 6.07) is 3.56. The Bertz CT molecular complexity index is 404. The van der Waals surface area contributed by atoms with Gasteiger partial charge in [0.1, 0.15) is 5.75 Å². The molecular weight excluding hydrogens is 219 g/mol. The number of rotatable bonds is 1. The van der Waals surface area contributed by atoms with Crippen molar-refractivity contribution in [2.24, 2.45) is 0 Å². The first kappa shape index (κ1) is 13.6. The van der Waals surface area contributed by atoms with Gasteiger partial charge >= 0.3 is 51.4 Å².